The van der Waals surface area contributed by atoms with Gasteiger partial charge in [0.05, 0.1) is 0 Å². The number of halogens is 1. The number of fused-ring (bicyclic) bond motifs is 1. The Morgan fingerprint density at radius 1 is 1.45 bits per heavy atom. The first-order valence-corrected chi connectivity index (χ1v) is 6.19. The standard InChI is InChI=1S/C13H13ClN4O2/c1-7(18(2)3)16-12-9(13(19)20)6-8-4-5-15-11(14)10(8)17-12/h4-6H,1-3H3,(H,19,20). The highest BCUT2D eigenvalue weighted by molar-refractivity contribution is 6.33. The molecule has 0 aromatic carbocycles. The summed E-state index contributed by atoms with van der Waals surface area (Å²) in [6.07, 6.45) is 1.51. The van der Waals surface area contributed by atoms with Gasteiger partial charge in [0.2, 0.25) is 0 Å². The van der Waals surface area contributed by atoms with Crippen molar-refractivity contribution in [3.63, 3.8) is 0 Å². The zero-order chi connectivity index (χ0) is 14.9. The molecule has 0 radical (unpaired) electrons. The van der Waals surface area contributed by atoms with Crippen LogP contribution in [0.4, 0.5) is 5.82 Å². The Balaban J connectivity index is 2.74. The van der Waals surface area contributed by atoms with Gasteiger partial charge in [0.15, 0.2) is 11.0 Å². The van der Waals surface area contributed by atoms with Crippen LogP contribution in [0.5, 0.6) is 0 Å². The van der Waals surface area contributed by atoms with Gasteiger partial charge in [0.25, 0.3) is 0 Å². The normalized spacial score (nSPS) is 11.7. The Morgan fingerprint density at radius 3 is 2.75 bits per heavy atom. The van der Waals surface area contributed by atoms with E-state index in [0.29, 0.717) is 16.7 Å². The maximum absolute atomic E-state index is 11.3. The molecule has 6 nitrogen and oxygen atoms in total. The second kappa shape index (κ2) is 5.42. The number of amidine groups is 1. The SMILES string of the molecule is CC(=Nc1nc2c(Cl)nccc2cc1C(=O)O)N(C)C. The molecule has 0 atom stereocenters. The minimum absolute atomic E-state index is 0.0287. The average molecular weight is 293 g/mol. The second-order valence-corrected chi connectivity index (χ2v) is 4.75. The smallest absolute Gasteiger partial charge is 0.339 e. The van der Waals surface area contributed by atoms with Crippen molar-refractivity contribution < 1.29 is 9.90 Å². The number of rotatable bonds is 2. The van der Waals surface area contributed by atoms with Crippen molar-refractivity contribution in [2.75, 3.05) is 14.1 Å². The maximum Gasteiger partial charge on any atom is 0.339 e. The van der Waals surface area contributed by atoms with Crippen LogP contribution in [0.2, 0.25) is 5.15 Å². The largest absolute Gasteiger partial charge is 0.478 e. The average Bonchev–Trinajstić information content (AvgIpc) is 2.38. The Morgan fingerprint density at radius 2 is 2.15 bits per heavy atom. The molecule has 2 aromatic heterocycles. The third-order valence-electron chi connectivity index (χ3n) is 2.81. The maximum atomic E-state index is 11.3. The third-order valence-corrected chi connectivity index (χ3v) is 3.09. The van der Waals surface area contributed by atoms with Gasteiger partial charge in [0, 0.05) is 25.7 Å². The zero-order valence-electron chi connectivity index (χ0n) is 11.3. The summed E-state index contributed by atoms with van der Waals surface area (Å²) in [7, 11) is 3.63. The van der Waals surface area contributed by atoms with E-state index in [-0.39, 0.29) is 16.5 Å². The number of carbonyl (C=O) groups is 1. The molecule has 0 aliphatic rings. The number of hydrogen-bond donors (Lipinski definition) is 1. The summed E-state index contributed by atoms with van der Waals surface area (Å²) in [6.45, 7) is 1.77. The van der Waals surface area contributed by atoms with Crippen LogP contribution in [0.15, 0.2) is 23.3 Å². The summed E-state index contributed by atoms with van der Waals surface area (Å²) < 4.78 is 0. The monoisotopic (exact) mass is 292 g/mol. The van der Waals surface area contributed by atoms with Crippen LogP contribution < -0.4 is 0 Å². The fourth-order valence-corrected chi connectivity index (χ4v) is 1.76. The Labute approximate surface area is 120 Å². The molecule has 20 heavy (non-hydrogen) atoms. The molecule has 104 valence electrons. The molecule has 0 saturated heterocycles. The molecule has 0 fully saturated rings. The van der Waals surface area contributed by atoms with E-state index in [9.17, 15) is 9.90 Å². The van der Waals surface area contributed by atoms with Crippen molar-refractivity contribution in [1.29, 1.82) is 0 Å². The minimum Gasteiger partial charge on any atom is -0.478 e. The molecule has 0 aliphatic heterocycles. The lowest BCUT2D eigenvalue weighted by Gasteiger charge is -2.12. The molecule has 7 heteroatoms. The lowest BCUT2D eigenvalue weighted by molar-refractivity contribution is 0.0697. The first-order valence-electron chi connectivity index (χ1n) is 5.81. The van der Waals surface area contributed by atoms with Gasteiger partial charge >= 0.3 is 5.97 Å². The van der Waals surface area contributed by atoms with Crippen molar-refractivity contribution >= 4 is 40.1 Å². The first-order chi connectivity index (χ1) is 9.40. The van der Waals surface area contributed by atoms with Crippen molar-refractivity contribution in [2.45, 2.75) is 6.92 Å². The van der Waals surface area contributed by atoms with Gasteiger partial charge in [-0.15, -0.1) is 0 Å². The van der Waals surface area contributed by atoms with E-state index in [1.807, 2.05) is 14.1 Å². The van der Waals surface area contributed by atoms with E-state index in [1.165, 1.54) is 12.3 Å². The molecule has 2 heterocycles. The van der Waals surface area contributed by atoms with Gasteiger partial charge < -0.3 is 10.0 Å². The molecule has 1 N–H and O–H groups in total. The van der Waals surface area contributed by atoms with Crippen LogP contribution in [-0.2, 0) is 0 Å². The summed E-state index contributed by atoms with van der Waals surface area (Å²) in [6, 6.07) is 3.16. The van der Waals surface area contributed by atoms with Crippen molar-refractivity contribution in [3.8, 4) is 0 Å². The van der Waals surface area contributed by atoms with Gasteiger partial charge in [-0.1, -0.05) is 11.6 Å². The van der Waals surface area contributed by atoms with E-state index in [4.69, 9.17) is 11.6 Å². The number of aromatic carboxylic acids is 1. The molecule has 2 aromatic rings. The van der Waals surface area contributed by atoms with E-state index < -0.39 is 5.97 Å². The fraction of sp³-hybridized carbons (Fsp3) is 0.231. The van der Waals surface area contributed by atoms with Crippen LogP contribution in [0.25, 0.3) is 10.9 Å². The summed E-state index contributed by atoms with van der Waals surface area (Å²) in [5, 5.41) is 10.1. The molecular weight excluding hydrogens is 280 g/mol. The molecule has 0 bridgehead atoms. The number of carboxylic acids is 1. The molecule has 0 aliphatic carbocycles. The van der Waals surface area contributed by atoms with Gasteiger partial charge in [-0.2, -0.15) is 0 Å². The highest BCUT2D eigenvalue weighted by Crippen LogP contribution is 2.26. The number of nitrogens with zero attached hydrogens (tertiary/aromatic N) is 4. The fourth-order valence-electron chi connectivity index (χ4n) is 1.55. The number of aromatic nitrogens is 2. The van der Waals surface area contributed by atoms with Crippen molar-refractivity contribution in [2.24, 2.45) is 4.99 Å². The van der Waals surface area contributed by atoms with Gasteiger partial charge in [0.1, 0.15) is 16.9 Å². The van der Waals surface area contributed by atoms with E-state index in [1.54, 1.807) is 17.9 Å². The molecule has 0 spiro atoms. The quantitative estimate of drug-likeness (QED) is 0.523. The summed E-state index contributed by atoms with van der Waals surface area (Å²) >= 11 is 5.98. The summed E-state index contributed by atoms with van der Waals surface area (Å²) in [5.41, 5.74) is 0.463. The number of hydrogen-bond acceptors (Lipinski definition) is 4. The second-order valence-electron chi connectivity index (χ2n) is 4.39. The number of aliphatic imine (C=N–C) groups is 1. The van der Waals surface area contributed by atoms with E-state index in [2.05, 4.69) is 15.0 Å². The summed E-state index contributed by atoms with van der Waals surface area (Å²) in [5.74, 6) is -0.330. The third kappa shape index (κ3) is 2.70. The highest BCUT2D eigenvalue weighted by atomic mass is 35.5. The lowest BCUT2D eigenvalue weighted by Crippen LogP contribution is -2.18. The van der Waals surface area contributed by atoms with Crippen LogP contribution in [-0.4, -0.2) is 45.9 Å². The highest BCUT2D eigenvalue weighted by Gasteiger charge is 2.15. The zero-order valence-corrected chi connectivity index (χ0v) is 12.0. The molecular formula is C13H13ClN4O2. The lowest BCUT2D eigenvalue weighted by atomic mass is 10.2. The van der Waals surface area contributed by atoms with Crippen LogP contribution >= 0.6 is 11.6 Å². The van der Waals surface area contributed by atoms with Crippen molar-refractivity contribution in [3.05, 3.63) is 29.0 Å². The first kappa shape index (κ1) is 14.2. The summed E-state index contributed by atoms with van der Waals surface area (Å²) in [4.78, 5) is 25.5. The molecule has 2 rings (SSSR count). The predicted octanol–water partition coefficient (Wildman–Crippen LogP) is 2.59. The van der Waals surface area contributed by atoms with Gasteiger partial charge in [-0.05, 0) is 19.1 Å². The Bertz CT molecular complexity index is 713. The van der Waals surface area contributed by atoms with Gasteiger partial charge in [-0.25, -0.2) is 19.8 Å². The molecule has 0 unspecified atom stereocenters. The van der Waals surface area contributed by atoms with E-state index >= 15 is 0 Å². The van der Waals surface area contributed by atoms with Crippen LogP contribution in [0.3, 0.4) is 0 Å². The number of carboxylic acid groups (broad SMARTS) is 1. The van der Waals surface area contributed by atoms with E-state index in [0.717, 1.165) is 0 Å². The van der Waals surface area contributed by atoms with Gasteiger partial charge in [-0.3, -0.25) is 0 Å². The topological polar surface area (TPSA) is 78.7 Å². The van der Waals surface area contributed by atoms with Crippen molar-refractivity contribution in [1.82, 2.24) is 14.9 Å². The number of pyridine rings is 2. The van der Waals surface area contributed by atoms with Crippen LogP contribution in [0.1, 0.15) is 17.3 Å². The minimum atomic E-state index is -1.09. The molecule has 0 saturated carbocycles. The predicted molar refractivity (Wildman–Crippen MR) is 78.0 cm³/mol. The Kier molecular flexibility index (Phi) is 3.85. The van der Waals surface area contributed by atoms with Crippen LogP contribution in [0, 0.1) is 0 Å². The molecule has 0 amide bonds. The Hall–Kier alpha value is -2.21.